The van der Waals surface area contributed by atoms with Crippen molar-refractivity contribution in [2.75, 3.05) is 18.1 Å². The van der Waals surface area contributed by atoms with Crippen LogP contribution in [0.25, 0.3) is 11.0 Å². The van der Waals surface area contributed by atoms with Crippen LogP contribution in [0.1, 0.15) is 44.3 Å². The molecule has 4 rings (SSSR count). The average Bonchev–Trinajstić information content (AvgIpc) is 2.81. The molecular formula is C19H26N4O3S. The van der Waals surface area contributed by atoms with E-state index in [0.717, 1.165) is 49.1 Å². The standard InChI is InChI=1S/C19H26N4O3S/c1-27(25,26)23-12-6-4-7-17(23)19(24)20-14-9-10-16-15(13-14)21-18-8-3-2-5-11-22(16)18/h9-10,13,17H,2-8,11-12H2,1H3,(H,20,24)/t17-/m1/s1. The van der Waals surface area contributed by atoms with Gasteiger partial charge < -0.3 is 9.88 Å². The number of amides is 1. The highest BCUT2D eigenvalue weighted by atomic mass is 32.2. The highest BCUT2D eigenvalue weighted by Gasteiger charge is 2.34. The van der Waals surface area contributed by atoms with E-state index in [4.69, 9.17) is 4.98 Å². The lowest BCUT2D eigenvalue weighted by Crippen LogP contribution is -2.49. The topological polar surface area (TPSA) is 84.3 Å². The molecule has 1 N–H and O–H groups in total. The van der Waals surface area contributed by atoms with Crippen molar-refractivity contribution in [3.8, 4) is 0 Å². The summed E-state index contributed by atoms with van der Waals surface area (Å²) in [7, 11) is -3.40. The Morgan fingerprint density at radius 3 is 2.78 bits per heavy atom. The van der Waals surface area contributed by atoms with Gasteiger partial charge in [0.25, 0.3) is 0 Å². The number of aryl methyl sites for hydroxylation is 2. The van der Waals surface area contributed by atoms with E-state index < -0.39 is 16.1 Å². The van der Waals surface area contributed by atoms with Gasteiger partial charge in [-0.05, 0) is 43.9 Å². The summed E-state index contributed by atoms with van der Waals surface area (Å²) in [5.41, 5.74) is 2.65. The van der Waals surface area contributed by atoms with Crippen LogP contribution in [0.2, 0.25) is 0 Å². The number of hydrogen-bond donors (Lipinski definition) is 1. The molecule has 8 heteroatoms. The van der Waals surface area contributed by atoms with Gasteiger partial charge in [-0.1, -0.05) is 12.8 Å². The second-order valence-electron chi connectivity index (χ2n) is 7.57. The molecule has 2 aliphatic rings. The summed E-state index contributed by atoms with van der Waals surface area (Å²) in [4.78, 5) is 17.5. The molecule has 0 saturated carbocycles. The molecular weight excluding hydrogens is 364 g/mol. The molecule has 27 heavy (non-hydrogen) atoms. The van der Waals surface area contributed by atoms with Crippen molar-refractivity contribution in [3.05, 3.63) is 24.0 Å². The molecule has 1 amide bonds. The summed E-state index contributed by atoms with van der Waals surface area (Å²) < 4.78 is 27.6. The number of imidazole rings is 1. The number of anilines is 1. The number of fused-ring (bicyclic) bond motifs is 3. The number of aromatic nitrogens is 2. The van der Waals surface area contributed by atoms with Crippen LogP contribution in [-0.4, -0.2) is 47.0 Å². The smallest absolute Gasteiger partial charge is 0.242 e. The fourth-order valence-corrected chi connectivity index (χ4v) is 5.34. The predicted octanol–water partition coefficient (Wildman–Crippen LogP) is 2.52. The molecule has 0 bridgehead atoms. The third kappa shape index (κ3) is 3.73. The van der Waals surface area contributed by atoms with Crippen molar-refractivity contribution in [3.63, 3.8) is 0 Å². The van der Waals surface area contributed by atoms with Crippen LogP contribution in [0.3, 0.4) is 0 Å². The van der Waals surface area contributed by atoms with E-state index in [2.05, 4.69) is 9.88 Å². The number of hydrogen-bond acceptors (Lipinski definition) is 4. The van der Waals surface area contributed by atoms with Crippen molar-refractivity contribution in [2.24, 2.45) is 0 Å². The van der Waals surface area contributed by atoms with Gasteiger partial charge in [0.05, 0.1) is 17.3 Å². The first kappa shape index (κ1) is 18.4. The molecule has 1 fully saturated rings. The Bertz CT molecular complexity index is 967. The zero-order valence-electron chi connectivity index (χ0n) is 15.6. The minimum atomic E-state index is -3.40. The Labute approximate surface area is 159 Å². The molecule has 1 saturated heterocycles. The lowest BCUT2D eigenvalue weighted by Gasteiger charge is -2.32. The predicted molar refractivity (Wildman–Crippen MR) is 105 cm³/mol. The molecule has 0 spiro atoms. The monoisotopic (exact) mass is 390 g/mol. The quantitative estimate of drug-likeness (QED) is 0.873. The van der Waals surface area contributed by atoms with E-state index in [9.17, 15) is 13.2 Å². The second kappa shape index (κ2) is 7.24. The Balaban J connectivity index is 1.57. The van der Waals surface area contributed by atoms with Gasteiger partial charge in [-0.25, -0.2) is 13.4 Å². The molecule has 1 atom stereocenters. The lowest BCUT2D eigenvalue weighted by molar-refractivity contribution is -0.120. The Kier molecular flexibility index (Phi) is 4.94. The summed E-state index contributed by atoms with van der Waals surface area (Å²) in [6, 6.07) is 5.14. The van der Waals surface area contributed by atoms with Crippen molar-refractivity contribution >= 4 is 32.7 Å². The number of carbonyl (C=O) groups excluding carboxylic acids is 1. The summed E-state index contributed by atoms with van der Waals surface area (Å²) in [6.07, 6.45) is 7.93. The molecule has 1 aromatic heterocycles. The van der Waals surface area contributed by atoms with Crippen molar-refractivity contribution in [2.45, 2.75) is 57.5 Å². The van der Waals surface area contributed by atoms with Crippen LogP contribution in [0.4, 0.5) is 5.69 Å². The van der Waals surface area contributed by atoms with Crippen LogP contribution in [0.5, 0.6) is 0 Å². The average molecular weight is 391 g/mol. The molecule has 7 nitrogen and oxygen atoms in total. The Morgan fingerprint density at radius 2 is 1.96 bits per heavy atom. The van der Waals surface area contributed by atoms with Gasteiger partial charge in [0.1, 0.15) is 11.9 Å². The van der Waals surface area contributed by atoms with E-state index in [-0.39, 0.29) is 5.91 Å². The number of carbonyl (C=O) groups is 1. The maximum atomic E-state index is 12.8. The van der Waals surface area contributed by atoms with Crippen LogP contribution >= 0.6 is 0 Å². The van der Waals surface area contributed by atoms with E-state index in [0.29, 0.717) is 18.7 Å². The number of nitrogens with one attached hydrogen (secondary N) is 1. The first-order valence-electron chi connectivity index (χ1n) is 9.70. The first-order valence-corrected chi connectivity index (χ1v) is 11.6. The molecule has 2 aromatic rings. The lowest BCUT2D eigenvalue weighted by atomic mass is 10.0. The van der Waals surface area contributed by atoms with Gasteiger partial charge in [-0.15, -0.1) is 0 Å². The number of benzene rings is 1. The Hall–Kier alpha value is -1.93. The molecule has 0 unspecified atom stereocenters. The van der Waals surface area contributed by atoms with Crippen LogP contribution in [-0.2, 0) is 27.8 Å². The van der Waals surface area contributed by atoms with Crippen LogP contribution in [0.15, 0.2) is 18.2 Å². The maximum Gasteiger partial charge on any atom is 0.242 e. The number of nitrogens with zero attached hydrogens (tertiary/aromatic N) is 3. The third-order valence-corrected chi connectivity index (χ3v) is 6.85. The summed E-state index contributed by atoms with van der Waals surface area (Å²) in [5, 5.41) is 2.90. The number of rotatable bonds is 3. The zero-order chi connectivity index (χ0) is 19.0. The molecule has 1 aromatic carbocycles. The van der Waals surface area contributed by atoms with Gasteiger partial charge in [0, 0.05) is 25.2 Å². The largest absolute Gasteiger partial charge is 0.328 e. The van der Waals surface area contributed by atoms with Crippen molar-refractivity contribution < 1.29 is 13.2 Å². The fraction of sp³-hybridized carbons (Fsp3) is 0.579. The second-order valence-corrected chi connectivity index (χ2v) is 9.50. The summed E-state index contributed by atoms with van der Waals surface area (Å²) in [5.74, 6) is 0.849. The zero-order valence-corrected chi connectivity index (χ0v) is 16.5. The summed E-state index contributed by atoms with van der Waals surface area (Å²) in [6.45, 7) is 1.40. The first-order chi connectivity index (χ1) is 12.9. The minimum Gasteiger partial charge on any atom is -0.328 e. The Morgan fingerprint density at radius 1 is 1.15 bits per heavy atom. The van der Waals surface area contributed by atoms with Gasteiger partial charge >= 0.3 is 0 Å². The molecule has 0 radical (unpaired) electrons. The van der Waals surface area contributed by atoms with Crippen molar-refractivity contribution in [1.82, 2.24) is 13.9 Å². The normalized spacial score (nSPS) is 21.6. The van der Waals surface area contributed by atoms with Gasteiger partial charge in [-0.3, -0.25) is 4.79 Å². The summed E-state index contributed by atoms with van der Waals surface area (Å²) >= 11 is 0. The van der Waals surface area contributed by atoms with E-state index in [1.807, 2.05) is 18.2 Å². The van der Waals surface area contributed by atoms with Gasteiger partial charge in [-0.2, -0.15) is 4.31 Å². The van der Waals surface area contributed by atoms with E-state index in [1.165, 1.54) is 23.4 Å². The SMILES string of the molecule is CS(=O)(=O)N1CCCC[C@@H]1C(=O)Nc1ccc2c(c1)nc1n2CCCCC1. The maximum absolute atomic E-state index is 12.8. The number of piperidine rings is 1. The van der Waals surface area contributed by atoms with E-state index >= 15 is 0 Å². The third-order valence-electron chi connectivity index (χ3n) is 5.56. The van der Waals surface area contributed by atoms with Crippen LogP contribution < -0.4 is 5.32 Å². The molecule has 0 aliphatic carbocycles. The molecule has 3 heterocycles. The number of sulfonamides is 1. The highest BCUT2D eigenvalue weighted by molar-refractivity contribution is 7.88. The van der Waals surface area contributed by atoms with Crippen LogP contribution in [0, 0.1) is 0 Å². The van der Waals surface area contributed by atoms with Gasteiger partial charge in [0.2, 0.25) is 15.9 Å². The minimum absolute atomic E-state index is 0.264. The molecule has 146 valence electrons. The van der Waals surface area contributed by atoms with Crippen molar-refractivity contribution in [1.29, 1.82) is 0 Å². The van der Waals surface area contributed by atoms with E-state index in [1.54, 1.807) is 0 Å². The fourth-order valence-electron chi connectivity index (χ4n) is 4.22. The highest BCUT2D eigenvalue weighted by Crippen LogP contribution is 2.26. The molecule has 2 aliphatic heterocycles. The van der Waals surface area contributed by atoms with Gasteiger partial charge in [0.15, 0.2) is 0 Å².